The van der Waals surface area contributed by atoms with Crippen molar-refractivity contribution in [1.29, 1.82) is 0 Å². The standard InChI is InChI=1S/C18H36I2O3/c1-5-13-21-17(11-7-9-15(3)19)23-18(22-14-6-2)12-8-10-16(4)20/h15-18H,5-14H2,1-4H3. The molecule has 0 saturated heterocycles. The number of halogens is 2. The molecular weight excluding hydrogens is 518 g/mol. The number of hydrogen-bond acceptors (Lipinski definition) is 3. The van der Waals surface area contributed by atoms with Crippen LogP contribution in [0.5, 0.6) is 0 Å². The topological polar surface area (TPSA) is 27.7 Å². The second-order valence-electron chi connectivity index (χ2n) is 6.16. The third kappa shape index (κ3) is 16.6. The van der Waals surface area contributed by atoms with E-state index in [0.717, 1.165) is 51.7 Å². The second kappa shape index (κ2) is 16.8. The zero-order valence-electron chi connectivity index (χ0n) is 15.4. The molecule has 0 aromatic heterocycles. The molecule has 5 heteroatoms. The maximum absolute atomic E-state index is 6.17. The Morgan fingerprint density at radius 3 is 1.39 bits per heavy atom. The van der Waals surface area contributed by atoms with Crippen LogP contribution in [0.25, 0.3) is 0 Å². The maximum Gasteiger partial charge on any atom is 0.160 e. The van der Waals surface area contributed by atoms with Crippen molar-refractivity contribution in [2.75, 3.05) is 13.2 Å². The molecule has 0 spiro atoms. The van der Waals surface area contributed by atoms with Crippen LogP contribution in [0, 0.1) is 0 Å². The summed E-state index contributed by atoms with van der Waals surface area (Å²) in [5.74, 6) is 0. The Morgan fingerprint density at radius 2 is 1.09 bits per heavy atom. The van der Waals surface area contributed by atoms with E-state index >= 15 is 0 Å². The molecule has 4 atom stereocenters. The van der Waals surface area contributed by atoms with Crippen LogP contribution in [0.2, 0.25) is 0 Å². The normalized spacial score (nSPS) is 17.0. The first kappa shape index (κ1) is 24.3. The first-order valence-electron chi connectivity index (χ1n) is 9.16. The van der Waals surface area contributed by atoms with E-state index in [-0.39, 0.29) is 12.6 Å². The third-order valence-electron chi connectivity index (χ3n) is 3.40. The summed E-state index contributed by atoms with van der Waals surface area (Å²) < 4.78 is 19.4. The van der Waals surface area contributed by atoms with Gasteiger partial charge in [0.2, 0.25) is 0 Å². The minimum atomic E-state index is -0.121. The molecule has 0 radical (unpaired) electrons. The molecular formula is C18H36I2O3. The van der Waals surface area contributed by atoms with Crippen molar-refractivity contribution < 1.29 is 14.2 Å². The van der Waals surface area contributed by atoms with Gasteiger partial charge in [-0.2, -0.15) is 0 Å². The fraction of sp³-hybridized carbons (Fsp3) is 1.00. The Hall–Kier alpha value is 1.34. The van der Waals surface area contributed by atoms with Crippen molar-refractivity contribution in [3.8, 4) is 0 Å². The van der Waals surface area contributed by atoms with Gasteiger partial charge >= 0.3 is 0 Å². The lowest BCUT2D eigenvalue weighted by atomic mass is 10.2. The van der Waals surface area contributed by atoms with Crippen molar-refractivity contribution in [3.05, 3.63) is 0 Å². The smallest absolute Gasteiger partial charge is 0.160 e. The highest BCUT2D eigenvalue weighted by Crippen LogP contribution is 2.19. The Labute approximate surface area is 171 Å². The number of hydrogen-bond donors (Lipinski definition) is 0. The van der Waals surface area contributed by atoms with E-state index in [2.05, 4.69) is 72.9 Å². The molecule has 0 fully saturated rings. The average Bonchev–Trinajstić information content (AvgIpc) is 2.48. The summed E-state index contributed by atoms with van der Waals surface area (Å²) in [7, 11) is 0. The number of alkyl halides is 2. The van der Waals surface area contributed by atoms with Gasteiger partial charge in [-0.3, -0.25) is 0 Å². The Kier molecular flexibility index (Phi) is 17.8. The van der Waals surface area contributed by atoms with Crippen molar-refractivity contribution in [2.24, 2.45) is 0 Å². The quantitative estimate of drug-likeness (QED) is 0.124. The molecule has 140 valence electrons. The van der Waals surface area contributed by atoms with E-state index < -0.39 is 0 Å². The molecule has 0 rings (SSSR count). The van der Waals surface area contributed by atoms with Crippen LogP contribution in [0.3, 0.4) is 0 Å². The summed E-state index contributed by atoms with van der Waals surface area (Å²) in [6, 6.07) is 0. The van der Waals surface area contributed by atoms with Gasteiger partial charge in [0.05, 0.1) is 0 Å². The number of ether oxygens (including phenoxy) is 3. The summed E-state index contributed by atoms with van der Waals surface area (Å²) in [4.78, 5) is 0. The largest absolute Gasteiger partial charge is 0.353 e. The van der Waals surface area contributed by atoms with Gasteiger partial charge in [-0.05, 0) is 51.4 Å². The Balaban J connectivity index is 4.35. The van der Waals surface area contributed by atoms with E-state index in [1.807, 2.05) is 0 Å². The molecule has 3 nitrogen and oxygen atoms in total. The molecule has 0 aliphatic carbocycles. The van der Waals surface area contributed by atoms with Gasteiger partial charge in [0.25, 0.3) is 0 Å². The summed E-state index contributed by atoms with van der Waals surface area (Å²) in [6.45, 7) is 10.3. The monoisotopic (exact) mass is 554 g/mol. The maximum atomic E-state index is 6.17. The van der Waals surface area contributed by atoms with Gasteiger partial charge < -0.3 is 14.2 Å². The fourth-order valence-electron chi connectivity index (χ4n) is 2.18. The van der Waals surface area contributed by atoms with Crippen molar-refractivity contribution in [2.45, 2.75) is 99.5 Å². The van der Waals surface area contributed by atoms with Crippen molar-refractivity contribution in [3.63, 3.8) is 0 Å². The van der Waals surface area contributed by atoms with Gasteiger partial charge in [-0.25, -0.2) is 0 Å². The lowest BCUT2D eigenvalue weighted by Gasteiger charge is -2.25. The summed E-state index contributed by atoms with van der Waals surface area (Å²) in [5.41, 5.74) is 0. The van der Waals surface area contributed by atoms with E-state index in [9.17, 15) is 0 Å². The minimum absolute atomic E-state index is 0.121. The highest BCUT2D eigenvalue weighted by molar-refractivity contribution is 14.1. The molecule has 23 heavy (non-hydrogen) atoms. The van der Waals surface area contributed by atoms with Crippen LogP contribution >= 0.6 is 45.2 Å². The average molecular weight is 554 g/mol. The molecule has 0 amide bonds. The zero-order valence-corrected chi connectivity index (χ0v) is 19.7. The van der Waals surface area contributed by atoms with E-state index in [1.165, 1.54) is 12.8 Å². The van der Waals surface area contributed by atoms with Gasteiger partial charge in [-0.1, -0.05) is 72.9 Å². The van der Waals surface area contributed by atoms with Crippen LogP contribution in [0.15, 0.2) is 0 Å². The molecule has 0 bridgehead atoms. The minimum Gasteiger partial charge on any atom is -0.353 e. The fourth-order valence-corrected chi connectivity index (χ4v) is 3.06. The molecule has 0 aliphatic rings. The first-order chi connectivity index (χ1) is 11.0. The van der Waals surface area contributed by atoms with Crippen LogP contribution in [-0.4, -0.2) is 33.6 Å². The number of rotatable bonds is 16. The van der Waals surface area contributed by atoms with E-state index in [0.29, 0.717) is 7.85 Å². The SMILES string of the molecule is CCCOC(CCCC(C)I)OC(CCCC(C)I)OCCC. The van der Waals surface area contributed by atoms with Crippen LogP contribution < -0.4 is 0 Å². The van der Waals surface area contributed by atoms with Gasteiger partial charge in [0.15, 0.2) is 12.6 Å². The van der Waals surface area contributed by atoms with Crippen LogP contribution in [0.4, 0.5) is 0 Å². The van der Waals surface area contributed by atoms with Crippen LogP contribution in [-0.2, 0) is 14.2 Å². The summed E-state index contributed by atoms with van der Waals surface area (Å²) in [5, 5.41) is 0. The Morgan fingerprint density at radius 1 is 0.696 bits per heavy atom. The first-order valence-corrected chi connectivity index (χ1v) is 11.6. The molecule has 0 aromatic rings. The summed E-state index contributed by atoms with van der Waals surface area (Å²) in [6.07, 6.45) is 8.43. The molecule has 0 aromatic carbocycles. The van der Waals surface area contributed by atoms with Gasteiger partial charge in [-0.15, -0.1) is 0 Å². The third-order valence-corrected chi connectivity index (χ3v) is 4.65. The lowest BCUT2D eigenvalue weighted by Crippen LogP contribution is -2.28. The molecule has 0 heterocycles. The lowest BCUT2D eigenvalue weighted by molar-refractivity contribution is -0.249. The van der Waals surface area contributed by atoms with Crippen molar-refractivity contribution >= 4 is 45.2 Å². The predicted octanol–water partition coefficient (Wildman–Crippen LogP) is 6.50. The van der Waals surface area contributed by atoms with Crippen molar-refractivity contribution in [1.82, 2.24) is 0 Å². The zero-order chi connectivity index (χ0) is 17.5. The predicted molar refractivity (Wildman–Crippen MR) is 116 cm³/mol. The highest BCUT2D eigenvalue weighted by Gasteiger charge is 2.18. The van der Waals surface area contributed by atoms with Gasteiger partial charge in [0, 0.05) is 21.1 Å². The molecule has 0 saturated carbocycles. The van der Waals surface area contributed by atoms with Crippen LogP contribution in [0.1, 0.15) is 79.1 Å². The summed E-state index contributed by atoms with van der Waals surface area (Å²) >= 11 is 4.96. The van der Waals surface area contributed by atoms with Gasteiger partial charge in [0.1, 0.15) is 0 Å². The molecule has 0 N–H and O–H groups in total. The second-order valence-corrected chi connectivity index (χ2v) is 10.4. The molecule has 4 unspecified atom stereocenters. The highest BCUT2D eigenvalue weighted by atomic mass is 127. The molecule has 0 aliphatic heterocycles. The van der Waals surface area contributed by atoms with E-state index in [1.54, 1.807) is 0 Å². The Bertz CT molecular complexity index is 226. The van der Waals surface area contributed by atoms with E-state index in [4.69, 9.17) is 14.2 Å².